The highest BCUT2D eigenvalue weighted by Gasteiger charge is 2.10. The molecule has 0 N–H and O–H groups in total. The van der Waals surface area contributed by atoms with Gasteiger partial charge in [-0.25, -0.2) is 0 Å². The van der Waals surface area contributed by atoms with Gasteiger partial charge >= 0.3 is 0 Å². The summed E-state index contributed by atoms with van der Waals surface area (Å²) >= 11 is 0. The molecule has 0 aliphatic carbocycles. The SMILES string of the molecule is CCCOc1ccc(C(=O)c2cnc3ccccc3c2)cc1. The van der Waals surface area contributed by atoms with Crippen LogP contribution in [0.3, 0.4) is 0 Å². The molecule has 22 heavy (non-hydrogen) atoms. The molecule has 3 nitrogen and oxygen atoms in total. The minimum absolute atomic E-state index is 0.0275. The summed E-state index contributed by atoms with van der Waals surface area (Å²) in [5.74, 6) is 0.760. The molecule has 3 heteroatoms. The fraction of sp³-hybridized carbons (Fsp3) is 0.158. The maximum atomic E-state index is 12.5. The van der Waals surface area contributed by atoms with Gasteiger partial charge in [-0.1, -0.05) is 25.1 Å². The first-order valence-corrected chi connectivity index (χ1v) is 7.40. The zero-order valence-electron chi connectivity index (χ0n) is 12.5. The molecule has 0 atom stereocenters. The van der Waals surface area contributed by atoms with Crippen LogP contribution >= 0.6 is 0 Å². The Kier molecular flexibility index (Phi) is 4.15. The molecule has 0 saturated carbocycles. The van der Waals surface area contributed by atoms with Crippen molar-refractivity contribution < 1.29 is 9.53 Å². The third-order valence-corrected chi connectivity index (χ3v) is 3.44. The van der Waals surface area contributed by atoms with E-state index in [1.54, 1.807) is 18.3 Å². The first-order valence-electron chi connectivity index (χ1n) is 7.40. The highest BCUT2D eigenvalue weighted by atomic mass is 16.5. The van der Waals surface area contributed by atoms with Crippen LogP contribution in [0.4, 0.5) is 0 Å². The standard InChI is InChI=1S/C19H17NO2/c1-2-11-22-17-9-7-14(8-10-17)19(21)16-12-15-5-3-4-6-18(15)20-13-16/h3-10,12-13H,2,11H2,1H3. The molecule has 0 unspecified atom stereocenters. The lowest BCUT2D eigenvalue weighted by atomic mass is 10.0. The number of hydrogen-bond acceptors (Lipinski definition) is 3. The molecular weight excluding hydrogens is 274 g/mol. The van der Waals surface area contributed by atoms with E-state index in [4.69, 9.17) is 4.74 Å². The zero-order valence-corrected chi connectivity index (χ0v) is 12.5. The lowest BCUT2D eigenvalue weighted by Crippen LogP contribution is -2.02. The first-order chi connectivity index (χ1) is 10.8. The molecule has 0 amide bonds. The summed E-state index contributed by atoms with van der Waals surface area (Å²) < 4.78 is 5.53. The van der Waals surface area contributed by atoms with Gasteiger partial charge in [-0.15, -0.1) is 0 Å². The number of para-hydroxylation sites is 1. The Bertz CT molecular complexity index is 794. The Hall–Kier alpha value is -2.68. The molecule has 110 valence electrons. The molecule has 3 rings (SSSR count). The van der Waals surface area contributed by atoms with Crippen LogP contribution in [0.25, 0.3) is 10.9 Å². The Morgan fingerprint density at radius 3 is 2.59 bits per heavy atom. The molecule has 0 radical (unpaired) electrons. The molecule has 0 fully saturated rings. The van der Waals surface area contributed by atoms with Gasteiger partial charge in [0.05, 0.1) is 12.1 Å². The van der Waals surface area contributed by atoms with Gasteiger partial charge in [-0.2, -0.15) is 0 Å². The maximum Gasteiger partial charge on any atom is 0.194 e. The van der Waals surface area contributed by atoms with E-state index >= 15 is 0 Å². The van der Waals surface area contributed by atoms with Crippen molar-refractivity contribution in [2.45, 2.75) is 13.3 Å². The third-order valence-electron chi connectivity index (χ3n) is 3.44. The largest absolute Gasteiger partial charge is 0.494 e. The van der Waals surface area contributed by atoms with Crippen molar-refractivity contribution in [1.82, 2.24) is 4.98 Å². The molecule has 1 aromatic heterocycles. The van der Waals surface area contributed by atoms with Crippen LogP contribution < -0.4 is 4.74 Å². The first kappa shape index (κ1) is 14.3. The van der Waals surface area contributed by atoms with Crippen molar-refractivity contribution in [2.24, 2.45) is 0 Å². The predicted molar refractivity (Wildman–Crippen MR) is 87.4 cm³/mol. The van der Waals surface area contributed by atoms with E-state index < -0.39 is 0 Å². The Morgan fingerprint density at radius 2 is 1.82 bits per heavy atom. The summed E-state index contributed by atoms with van der Waals surface area (Å²) in [6, 6.07) is 16.9. The fourth-order valence-electron chi connectivity index (χ4n) is 2.28. The number of carbonyl (C=O) groups is 1. The minimum Gasteiger partial charge on any atom is -0.494 e. The zero-order chi connectivity index (χ0) is 15.4. The summed E-state index contributed by atoms with van der Waals surface area (Å²) in [5.41, 5.74) is 2.13. The smallest absolute Gasteiger partial charge is 0.194 e. The lowest BCUT2D eigenvalue weighted by Gasteiger charge is -2.06. The number of nitrogens with zero attached hydrogens (tertiary/aromatic N) is 1. The molecule has 0 bridgehead atoms. The van der Waals surface area contributed by atoms with Crippen LogP contribution in [0.15, 0.2) is 60.8 Å². The van der Waals surface area contributed by atoms with Crippen molar-refractivity contribution in [1.29, 1.82) is 0 Å². The van der Waals surface area contributed by atoms with E-state index in [-0.39, 0.29) is 5.78 Å². The quantitative estimate of drug-likeness (QED) is 0.659. The van der Waals surface area contributed by atoms with Gasteiger partial charge in [0.25, 0.3) is 0 Å². The summed E-state index contributed by atoms with van der Waals surface area (Å²) in [4.78, 5) is 16.9. The number of pyridine rings is 1. The Balaban J connectivity index is 1.85. The van der Waals surface area contributed by atoms with Crippen LogP contribution in [0.2, 0.25) is 0 Å². The van der Waals surface area contributed by atoms with Crippen LogP contribution in [-0.4, -0.2) is 17.4 Å². The second kappa shape index (κ2) is 6.39. The van der Waals surface area contributed by atoms with Gasteiger partial charge in [0.15, 0.2) is 5.78 Å². The predicted octanol–water partition coefficient (Wildman–Crippen LogP) is 4.25. The molecular formula is C19H17NO2. The number of hydrogen-bond donors (Lipinski definition) is 0. The lowest BCUT2D eigenvalue weighted by molar-refractivity contribution is 0.103. The van der Waals surface area contributed by atoms with E-state index in [0.717, 1.165) is 23.1 Å². The topological polar surface area (TPSA) is 39.2 Å². The van der Waals surface area contributed by atoms with Crippen LogP contribution in [0.1, 0.15) is 29.3 Å². The molecule has 2 aromatic carbocycles. The van der Waals surface area contributed by atoms with Crippen LogP contribution in [-0.2, 0) is 0 Å². The summed E-state index contributed by atoms with van der Waals surface area (Å²) in [7, 11) is 0. The number of aromatic nitrogens is 1. The summed E-state index contributed by atoms with van der Waals surface area (Å²) in [6.45, 7) is 2.74. The second-order valence-electron chi connectivity index (χ2n) is 5.12. The number of ether oxygens (including phenoxy) is 1. The van der Waals surface area contributed by atoms with Crippen molar-refractivity contribution in [2.75, 3.05) is 6.61 Å². The molecule has 1 heterocycles. The van der Waals surface area contributed by atoms with Gasteiger partial charge in [0.1, 0.15) is 5.75 Å². The minimum atomic E-state index is -0.0275. The summed E-state index contributed by atoms with van der Waals surface area (Å²) in [5, 5.41) is 0.969. The number of fused-ring (bicyclic) bond motifs is 1. The second-order valence-corrected chi connectivity index (χ2v) is 5.12. The maximum absolute atomic E-state index is 12.5. The number of carbonyl (C=O) groups excluding carboxylic acids is 1. The Morgan fingerprint density at radius 1 is 1.05 bits per heavy atom. The number of ketones is 1. The van der Waals surface area contributed by atoms with Gasteiger partial charge in [0, 0.05) is 22.7 Å². The van der Waals surface area contributed by atoms with Crippen molar-refractivity contribution in [3.8, 4) is 5.75 Å². The van der Waals surface area contributed by atoms with E-state index in [2.05, 4.69) is 11.9 Å². The van der Waals surface area contributed by atoms with Crippen molar-refractivity contribution >= 4 is 16.7 Å². The van der Waals surface area contributed by atoms with Crippen molar-refractivity contribution in [3.63, 3.8) is 0 Å². The third kappa shape index (κ3) is 2.98. The number of rotatable bonds is 5. The van der Waals surface area contributed by atoms with E-state index in [1.807, 2.05) is 42.5 Å². The van der Waals surface area contributed by atoms with E-state index in [1.165, 1.54) is 0 Å². The normalized spacial score (nSPS) is 10.6. The average molecular weight is 291 g/mol. The van der Waals surface area contributed by atoms with Crippen molar-refractivity contribution in [3.05, 3.63) is 71.9 Å². The summed E-state index contributed by atoms with van der Waals surface area (Å²) in [6.07, 6.45) is 2.59. The Labute approximate surface area is 129 Å². The number of benzene rings is 2. The van der Waals surface area contributed by atoms with Crippen LogP contribution in [0, 0.1) is 0 Å². The molecule has 0 spiro atoms. The van der Waals surface area contributed by atoms with E-state index in [9.17, 15) is 4.79 Å². The highest BCUT2D eigenvalue weighted by molar-refractivity contribution is 6.10. The molecule has 0 saturated heterocycles. The van der Waals surface area contributed by atoms with Gasteiger partial charge in [-0.05, 0) is 42.8 Å². The van der Waals surface area contributed by atoms with Gasteiger partial charge in [0.2, 0.25) is 0 Å². The fourth-order valence-corrected chi connectivity index (χ4v) is 2.28. The molecule has 0 aliphatic heterocycles. The molecule has 3 aromatic rings. The van der Waals surface area contributed by atoms with Gasteiger partial charge in [-0.3, -0.25) is 9.78 Å². The average Bonchev–Trinajstić information content (AvgIpc) is 2.59. The monoisotopic (exact) mass is 291 g/mol. The highest BCUT2D eigenvalue weighted by Crippen LogP contribution is 2.18. The van der Waals surface area contributed by atoms with Gasteiger partial charge < -0.3 is 4.74 Å². The van der Waals surface area contributed by atoms with Crippen LogP contribution in [0.5, 0.6) is 5.75 Å². The van der Waals surface area contributed by atoms with E-state index in [0.29, 0.717) is 17.7 Å². The molecule has 0 aliphatic rings.